The van der Waals surface area contributed by atoms with Gasteiger partial charge in [-0.25, -0.2) is 4.79 Å². The monoisotopic (exact) mass is 262 g/mol. The Kier molecular flexibility index (Phi) is 4.16. The van der Waals surface area contributed by atoms with Crippen LogP contribution in [-0.2, 0) is 4.79 Å². The molecule has 0 saturated heterocycles. The Labute approximate surface area is 112 Å². The predicted molar refractivity (Wildman–Crippen MR) is 72.4 cm³/mol. The summed E-state index contributed by atoms with van der Waals surface area (Å²) in [5.74, 6) is -1.02. The number of carboxylic acids is 1. The van der Waals surface area contributed by atoms with Gasteiger partial charge < -0.3 is 15.7 Å². The molecule has 0 unspecified atom stereocenters. The van der Waals surface area contributed by atoms with Crippen molar-refractivity contribution in [1.82, 2.24) is 5.32 Å². The zero-order valence-corrected chi connectivity index (χ0v) is 10.9. The summed E-state index contributed by atoms with van der Waals surface area (Å²) in [5.41, 5.74) is 1.65. The lowest BCUT2D eigenvalue weighted by Crippen LogP contribution is -2.23. The van der Waals surface area contributed by atoms with Crippen LogP contribution in [0.15, 0.2) is 18.2 Å². The van der Waals surface area contributed by atoms with E-state index in [1.54, 1.807) is 19.1 Å². The zero-order valence-electron chi connectivity index (χ0n) is 10.9. The third-order valence-corrected chi connectivity index (χ3v) is 3.11. The van der Waals surface area contributed by atoms with Gasteiger partial charge >= 0.3 is 5.97 Å². The van der Waals surface area contributed by atoms with Crippen molar-refractivity contribution in [3.8, 4) is 0 Å². The minimum atomic E-state index is -0.963. The van der Waals surface area contributed by atoms with Gasteiger partial charge in [-0.15, -0.1) is 0 Å². The van der Waals surface area contributed by atoms with E-state index in [-0.39, 0.29) is 11.5 Å². The third-order valence-electron chi connectivity index (χ3n) is 3.11. The summed E-state index contributed by atoms with van der Waals surface area (Å²) < 4.78 is 0. The zero-order chi connectivity index (χ0) is 13.8. The number of aryl methyl sites for hydroxylation is 1. The van der Waals surface area contributed by atoms with Gasteiger partial charge in [0.1, 0.15) is 0 Å². The average molecular weight is 262 g/mol. The lowest BCUT2D eigenvalue weighted by molar-refractivity contribution is -0.116. The molecule has 0 aromatic heterocycles. The molecule has 102 valence electrons. The molecule has 0 radical (unpaired) electrons. The fraction of sp³-hybridized carbons (Fsp3) is 0.429. The van der Waals surface area contributed by atoms with Crippen molar-refractivity contribution < 1.29 is 14.7 Å². The molecule has 1 fully saturated rings. The highest BCUT2D eigenvalue weighted by Crippen LogP contribution is 2.19. The summed E-state index contributed by atoms with van der Waals surface area (Å²) in [6.07, 6.45) is 2.84. The first-order valence-corrected chi connectivity index (χ1v) is 6.43. The van der Waals surface area contributed by atoms with Crippen LogP contribution in [-0.4, -0.2) is 29.6 Å². The molecule has 0 spiro atoms. The van der Waals surface area contributed by atoms with Crippen LogP contribution in [0.2, 0.25) is 0 Å². The van der Waals surface area contributed by atoms with E-state index in [9.17, 15) is 9.59 Å². The average Bonchev–Trinajstić information content (AvgIpc) is 3.15. The van der Waals surface area contributed by atoms with E-state index >= 15 is 0 Å². The predicted octanol–water partition coefficient (Wildman–Crippen LogP) is 1.77. The number of hydrogen-bond donors (Lipinski definition) is 3. The van der Waals surface area contributed by atoms with Gasteiger partial charge in [0.15, 0.2) is 0 Å². The SMILES string of the molecule is Cc1cc(C(=O)O)ccc1NC(=O)CCNC1CC1. The second-order valence-electron chi connectivity index (χ2n) is 4.86. The van der Waals surface area contributed by atoms with E-state index in [4.69, 9.17) is 5.11 Å². The van der Waals surface area contributed by atoms with E-state index < -0.39 is 5.97 Å². The Bertz CT molecular complexity index is 495. The molecule has 1 saturated carbocycles. The fourth-order valence-electron chi connectivity index (χ4n) is 1.83. The highest BCUT2D eigenvalue weighted by Gasteiger charge is 2.20. The van der Waals surface area contributed by atoms with E-state index in [0.717, 1.165) is 5.56 Å². The van der Waals surface area contributed by atoms with E-state index in [1.807, 2.05) is 0 Å². The Morgan fingerprint density at radius 3 is 2.68 bits per heavy atom. The van der Waals surface area contributed by atoms with Crippen molar-refractivity contribution >= 4 is 17.6 Å². The molecular weight excluding hydrogens is 244 g/mol. The van der Waals surface area contributed by atoms with Crippen molar-refractivity contribution in [3.05, 3.63) is 29.3 Å². The van der Waals surface area contributed by atoms with Crippen molar-refractivity contribution in [2.45, 2.75) is 32.2 Å². The standard InChI is InChI=1S/C14H18N2O3/c1-9-8-10(14(18)19)2-5-12(9)16-13(17)6-7-15-11-3-4-11/h2,5,8,11,15H,3-4,6-7H2,1H3,(H,16,17)(H,18,19). The smallest absolute Gasteiger partial charge is 0.335 e. The Balaban J connectivity index is 1.86. The number of aromatic carboxylic acids is 1. The van der Waals surface area contributed by atoms with Gasteiger partial charge in [-0.2, -0.15) is 0 Å². The lowest BCUT2D eigenvalue weighted by Gasteiger charge is -2.09. The number of nitrogens with one attached hydrogen (secondary N) is 2. The first-order chi connectivity index (χ1) is 9.06. The Morgan fingerprint density at radius 2 is 2.11 bits per heavy atom. The first-order valence-electron chi connectivity index (χ1n) is 6.43. The molecule has 1 aromatic rings. The normalized spacial score (nSPS) is 14.2. The summed E-state index contributed by atoms with van der Waals surface area (Å²) in [6.45, 7) is 2.47. The van der Waals surface area contributed by atoms with Crippen LogP contribution in [0, 0.1) is 6.92 Å². The summed E-state index contributed by atoms with van der Waals surface area (Å²) >= 11 is 0. The first kappa shape index (κ1) is 13.5. The molecule has 0 heterocycles. The number of anilines is 1. The molecule has 5 nitrogen and oxygen atoms in total. The van der Waals surface area contributed by atoms with Gasteiger partial charge in [0.2, 0.25) is 5.91 Å². The molecular formula is C14H18N2O3. The maximum Gasteiger partial charge on any atom is 0.335 e. The Hall–Kier alpha value is -1.88. The van der Waals surface area contributed by atoms with E-state index in [0.29, 0.717) is 24.7 Å². The van der Waals surface area contributed by atoms with Crippen molar-refractivity contribution in [3.63, 3.8) is 0 Å². The number of carboxylic acid groups (broad SMARTS) is 1. The van der Waals surface area contributed by atoms with Crippen LogP contribution in [0.25, 0.3) is 0 Å². The minimum absolute atomic E-state index is 0.0562. The Morgan fingerprint density at radius 1 is 1.37 bits per heavy atom. The van der Waals surface area contributed by atoms with Gasteiger partial charge in [-0.1, -0.05) is 0 Å². The second-order valence-corrected chi connectivity index (χ2v) is 4.86. The molecule has 0 bridgehead atoms. The molecule has 1 amide bonds. The van der Waals surface area contributed by atoms with Crippen LogP contribution in [0.3, 0.4) is 0 Å². The van der Waals surface area contributed by atoms with Crippen LogP contribution >= 0.6 is 0 Å². The molecule has 19 heavy (non-hydrogen) atoms. The summed E-state index contributed by atoms with van der Waals surface area (Å²) in [6, 6.07) is 5.28. The number of amides is 1. The maximum absolute atomic E-state index is 11.7. The van der Waals surface area contributed by atoms with Crippen LogP contribution in [0.4, 0.5) is 5.69 Å². The molecule has 1 aromatic carbocycles. The highest BCUT2D eigenvalue weighted by atomic mass is 16.4. The number of carbonyl (C=O) groups excluding carboxylic acids is 1. The van der Waals surface area contributed by atoms with E-state index in [1.165, 1.54) is 18.9 Å². The third kappa shape index (κ3) is 4.06. The molecule has 5 heteroatoms. The molecule has 0 aliphatic heterocycles. The number of hydrogen-bond acceptors (Lipinski definition) is 3. The summed E-state index contributed by atoms with van der Waals surface area (Å²) in [7, 11) is 0. The van der Waals surface area contributed by atoms with Gasteiger partial charge in [0, 0.05) is 24.7 Å². The van der Waals surface area contributed by atoms with Crippen molar-refractivity contribution in [2.24, 2.45) is 0 Å². The largest absolute Gasteiger partial charge is 0.478 e. The second kappa shape index (κ2) is 5.84. The van der Waals surface area contributed by atoms with Crippen molar-refractivity contribution in [2.75, 3.05) is 11.9 Å². The van der Waals surface area contributed by atoms with Gasteiger partial charge in [0.05, 0.1) is 5.56 Å². The minimum Gasteiger partial charge on any atom is -0.478 e. The maximum atomic E-state index is 11.7. The molecule has 2 rings (SSSR count). The number of carbonyl (C=O) groups is 2. The van der Waals surface area contributed by atoms with Crippen molar-refractivity contribution in [1.29, 1.82) is 0 Å². The van der Waals surface area contributed by atoms with Gasteiger partial charge in [0.25, 0.3) is 0 Å². The van der Waals surface area contributed by atoms with Crippen LogP contribution in [0.1, 0.15) is 35.2 Å². The molecule has 0 atom stereocenters. The van der Waals surface area contributed by atoms with Gasteiger partial charge in [-0.3, -0.25) is 4.79 Å². The quantitative estimate of drug-likeness (QED) is 0.730. The highest BCUT2D eigenvalue weighted by molar-refractivity contribution is 5.93. The summed E-state index contributed by atoms with van der Waals surface area (Å²) in [5, 5.41) is 14.9. The van der Waals surface area contributed by atoms with E-state index in [2.05, 4.69) is 10.6 Å². The van der Waals surface area contributed by atoms with Crippen LogP contribution in [0.5, 0.6) is 0 Å². The fourth-order valence-corrected chi connectivity index (χ4v) is 1.83. The topological polar surface area (TPSA) is 78.4 Å². The lowest BCUT2D eigenvalue weighted by atomic mass is 10.1. The summed E-state index contributed by atoms with van der Waals surface area (Å²) in [4.78, 5) is 22.5. The molecule has 1 aliphatic rings. The molecule has 1 aliphatic carbocycles. The molecule has 3 N–H and O–H groups in total. The van der Waals surface area contributed by atoms with Crippen LogP contribution < -0.4 is 10.6 Å². The number of benzene rings is 1. The number of rotatable bonds is 6. The van der Waals surface area contributed by atoms with Gasteiger partial charge in [-0.05, 0) is 43.5 Å².